The van der Waals surface area contributed by atoms with Gasteiger partial charge in [0.05, 0.1) is 5.52 Å². The Morgan fingerprint density at radius 1 is 0.533 bits per heavy atom. The third-order valence-corrected chi connectivity index (χ3v) is 6.19. The molecule has 0 aliphatic rings. The van der Waals surface area contributed by atoms with Gasteiger partial charge < -0.3 is 9.40 Å². The van der Waals surface area contributed by atoms with E-state index in [2.05, 4.69) is 102 Å². The highest BCUT2D eigenvalue weighted by Crippen LogP contribution is 2.44. The van der Waals surface area contributed by atoms with E-state index in [0.717, 1.165) is 27.5 Å². The van der Waals surface area contributed by atoms with Gasteiger partial charge >= 0.3 is 0 Å². The Morgan fingerprint density at radius 3 is 2.13 bits per heavy atom. The molecule has 0 radical (unpaired) electrons. The van der Waals surface area contributed by atoms with Crippen molar-refractivity contribution in [2.45, 2.75) is 0 Å². The monoisotopic (exact) mass is 383 g/mol. The lowest BCUT2D eigenvalue weighted by molar-refractivity contribution is 0.673. The maximum absolute atomic E-state index is 6.47. The fourth-order valence-electron chi connectivity index (χ4n) is 4.85. The van der Waals surface area contributed by atoms with Gasteiger partial charge in [0.15, 0.2) is 0 Å². The molecule has 0 atom stereocenters. The van der Waals surface area contributed by atoms with Crippen molar-refractivity contribution in [2.24, 2.45) is 0 Å². The lowest BCUT2D eigenvalue weighted by Gasteiger charge is -2.03. The van der Waals surface area contributed by atoms with Gasteiger partial charge in [0, 0.05) is 37.8 Å². The van der Waals surface area contributed by atoms with Gasteiger partial charge in [-0.3, -0.25) is 0 Å². The van der Waals surface area contributed by atoms with Crippen LogP contribution < -0.4 is 0 Å². The maximum Gasteiger partial charge on any atom is 0.144 e. The van der Waals surface area contributed by atoms with Crippen molar-refractivity contribution in [3.8, 4) is 11.1 Å². The second kappa shape index (κ2) is 5.74. The molecular formula is C28H17NO. The molecule has 0 amide bonds. The van der Waals surface area contributed by atoms with E-state index in [1.54, 1.807) is 0 Å². The number of hydrogen-bond donors (Lipinski definition) is 1. The molecule has 140 valence electrons. The van der Waals surface area contributed by atoms with E-state index >= 15 is 0 Å². The summed E-state index contributed by atoms with van der Waals surface area (Å²) in [5.41, 5.74) is 6.62. The third kappa shape index (κ3) is 2.03. The van der Waals surface area contributed by atoms with Crippen LogP contribution in [0.1, 0.15) is 0 Å². The summed E-state index contributed by atoms with van der Waals surface area (Å²) in [6.07, 6.45) is 0. The number of para-hydroxylation sites is 1. The van der Waals surface area contributed by atoms with Gasteiger partial charge in [-0.1, -0.05) is 78.9 Å². The van der Waals surface area contributed by atoms with Gasteiger partial charge in [-0.15, -0.1) is 0 Å². The van der Waals surface area contributed by atoms with Gasteiger partial charge in [-0.25, -0.2) is 0 Å². The van der Waals surface area contributed by atoms with Crippen LogP contribution >= 0.6 is 0 Å². The summed E-state index contributed by atoms with van der Waals surface area (Å²) in [6, 6.07) is 34.1. The Bertz CT molecular complexity index is 1740. The van der Waals surface area contributed by atoms with Crippen LogP contribution in [0.3, 0.4) is 0 Å². The maximum atomic E-state index is 6.47. The molecule has 2 nitrogen and oxygen atoms in total. The fourth-order valence-corrected chi connectivity index (χ4v) is 4.85. The SMILES string of the molecule is c1ccc(-c2ccc3oc4c5ccccc5c5[nH]c6ccccc6c5c4c3c2)cc1. The van der Waals surface area contributed by atoms with Crippen molar-refractivity contribution in [1.29, 1.82) is 0 Å². The molecule has 0 bridgehead atoms. The Labute approximate surface area is 172 Å². The summed E-state index contributed by atoms with van der Waals surface area (Å²) in [6.45, 7) is 0. The summed E-state index contributed by atoms with van der Waals surface area (Å²) >= 11 is 0. The lowest BCUT2D eigenvalue weighted by Crippen LogP contribution is -1.79. The first-order valence-electron chi connectivity index (χ1n) is 10.2. The normalized spacial score (nSPS) is 12.0. The minimum Gasteiger partial charge on any atom is -0.455 e. The number of aromatic amines is 1. The predicted octanol–water partition coefficient (Wildman–Crippen LogP) is 8.04. The van der Waals surface area contributed by atoms with Crippen LogP contribution in [0.15, 0.2) is 101 Å². The second-order valence-corrected chi connectivity index (χ2v) is 7.85. The quantitative estimate of drug-likeness (QED) is 0.305. The molecule has 7 rings (SSSR count). The third-order valence-electron chi connectivity index (χ3n) is 6.19. The van der Waals surface area contributed by atoms with Gasteiger partial charge in [0.25, 0.3) is 0 Å². The van der Waals surface area contributed by atoms with E-state index in [1.807, 2.05) is 0 Å². The van der Waals surface area contributed by atoms with Gasteiger partial charge in [-0.05, 0) is 29.3 Å². The molecule has 1 N–H and O–H groups in total. The van der Waals surface area contributed by atoms with Crippen LogP contribution in [-0.2, 0) is 0 Å². The van der Waals surface area contributed by atoms with E-state index in [4.69, 9.17) is 4.42 Å². The topological polar surface area (TPSA) is 28.9 Å². The summed E-state index contributed by atoms with van der Waals surface area (Å²) in [5, 5.41) is 7.16. The average molecular weight is 383 g/mol. The van der Waals surface area contributed by atoms with Gasteiger partial charge in [0.1, 0.15) is 11.2 Å². The van der Waals surface area contributed by atoms with Crippen molar-refractivity contribution in [3.63, 3.8) is 0 Å². The van der Waals surface area contributed by atoms with Crippen LogP contribution in [0, 0.1) is 0 Å². The van der Waals surface area contributed by atoms with E-state index in [1.165, 1.54) is 38.2 Å². The van der Waals surface area contributed by atoms with Gasteiger partial charge in [-0.2, -0.15) is 0 Å². The Kier molecular flexibility index (Phi) is 3.03. The Morgan fingerprint density at radius 2 is 1.27 bits per heavy atom. The summed E-state index contributed by atoms with van der Waals surface area (Å²) in [7, 11) is 0. The molecule has 5 aromatic carbocycles. The largest absolute Gasteiger partial charge is 0.455 e. The van der Waals surface area contributed by atoms with Crippen molar-refractivity contribution >= 4 is 54.5 Å². The average Bonchev–Trinajstić information content (AvgIpc) is 3.38. The number of H-pyrrole nitrogens is 1. The molecule has 0 unspecified atom stereocenters. The van der Waals surface area contributed by atoms with Crippen molar-refractivity contribution in [2.75, 3.05) is 0 Å². The minimum absolute atomic E-state index is 0.924. The van der Waals surface area contributed by atoms with Crippen LogP contribution in [-0.4, -0.2) is 4.98 Å². The Hall–Kier alpha value is -4.04. The second-order valence-electron chi connectivity index (χ2n) is 7.85. The van der Waals surface area contributed by atoms with E-state index in [9.17, 15) is 0 Å². The first-order valence-corrected chi connectivity index (χ1v) is 10.2. The van der Waals surface area contributed by atoms with Crippen molar-refractivity contribution in [3.05, 3.63) is 97.1 Å². The molecule has 0 aliphatic heterocycles. The number of nitrogens with one attached hydrogen (secondary N) is 1. The molecule has 2 heterocycles. The summed E-state index contributed by atoms with van der Waals surface area (Å²) in [5.74, 6) is 0. The molecule has 30 heavy (non-hydrogen) atoms. The lowest BCUT2D eigenvalue weighted by atomic mass is 9.98. The smallest absolute Gasteiger partial charge is 0.144 e. The Balaban J connectivity index is 1.75. The summed E-state index contributed by atoms with van der Waals surface area (Å²) in [4.78, 5) is 3.67. The molecule has 0 aliphatic carbocycles. The van der Waals surface area contributed by atoms with Gasteiger partial charge in [0.2, 0.25) is 0 Å². The number of furan rings is 1. The van der Waals surface area contributed by atoms with E-state index in [-0.39, 0.29) is 0 Å². The standard InChI is InChI=1S/C28H17NO/c1-2-8-17(9-3-1)18-14-15-24-22(16-18)26-25-21-12-6-7-13-23(21)29-27(25)19-10-4-5-11-20(19)28(26)30-24/h1-16,29H. The fraction of sp³-hybridized carbons (Fsp3) is 0. The highest BCUT2D eigenvalue weighted by atomic mass is 16.3. The zero-order valence-corrected chi connectivity index (χ0v) is 16.1. The molecule has 0 saturated heterocycles. The van der Waals surface area contributed by atoms with Crippen LogP contribution in [0.2, 0.25) is 0 Å². The molecule has 2 aromatic heterocycles. The number of fused-ring (bicyclic) bond motifs is 10. The number of aromatic nitrogens is 1. The molecular weight excluding hydrogens is 366 g/mol. The zero-order chi connectivity index (χ0) is 19.7. The van der Waals surface area contributed by atoms with Crippen LogP contribution in [0.5, 0.6) is 0 Å². The molecule has 0 saturated carbocycles. The molecule has 0 fully saturated rings. The highest BCUT2D eigenvalue weighted by molar-refractivity contribution is 6.35. The molecule has 7 aromatic rings. The van der Waals surface area contributed by atoms with Crippen molar-refractivity contribution in [1.82, 2.24) is 4.98 Å². The minimum atomic E-state index is 0.924. The summed E-state index contributed by atoms with van der Waals surface area (Å²) < 4.78 is 6.47. The van der Waals surface area contributed by atoms with E-state index < -0.39 is 0 Å². The van der Waals surface area contributed by atoms with E-state index in [0.29, 0.717) is 0 Å². The zero-order valence-electron chi connectivity index (χ0n) is 16.1. The molecule has 0 spiro atoms. The number of rotatable bonds is 1. The first-order chi connectivity index (χ1) is 14.9. The first kappa shape index (κ1) is 15.8. The highest BCUT2D eigenvalue weighted by Gasteiger charge is 2.19. The molecule has 2 heteroatoms. The van der Waals surface area contributed by atoms with Crippen molar-refractivity contribution < 1.29 is 4.42 Å². The number of benzene rings is 5. The van der Waals surface area contributed by atoms with Crippen LogP contribution in [0.25, 0.3) is 65.6 Å². The number of hydrogen-bond acceptors (Lipinski definition) is 1. The predicted molar refractivity (Wildman–Crippen MR) is 126 cm³/mol. The van der Waals surface area contributed by atoms with Crippen LogP contribution in [0.4, 0.5) is 0 Å².